The van der Waals surface area contributed by atoms with Crippen molar-refractivity contribution in [3.63, 3.8) is 0 Å². The zero-order valence-electron chi connectivity index (χ0n) is 40.2. The van der Waals surface area contributed by atoms with Gasteiger partial charge in [-0.1, -0.05) is 163 Å². The van der Waals surface area contributed by atoms with Crippen molar-refractivity contribution in [3.8, 4) is 16.9 Å². The van der Waals surface area contributed by atoms with Crippen LogP contribution >= 0.6 is 11.8 Å². The maximum Gasteiger partial charge on any atom is 0.429 e. The van der Waals surface area contributed by atoms with E-state index in [1.165, 1.54) is 48.4 Å². The lowest BCUT2D eigenvalue weighted by Crippen LogP contribution is -2.63. The van der Waals surface area contributed by atoms with Gasteiger partial charge in [-0.3, -0.25) is 0 Å². The Hall–Kier alpha value is -9.10. The summed E-state index contributed by atoms with van der Waals surface area (Å²) in [6.45, 7) is -0.424. The SMILES string of the molecule is c1ccc(N(c2ccccc2)c2cc3c4c(c2)-c2ccccc2OB4c2cc4c(cc2S3)N(c2ccccc2)c2cc(N(c3ccccc3)c3ccccc3)cc3c2B4c2ccccc2N3c2ccccc2)cc1. The van der Waals surface area contributed by atoms with Gasteiger partial charge in [-0.25, -0.2) is 0 Å². The number of anilines is 12. The summed E-state index contributed by atoms with van der Waals surface area (Å²) in [5.74, 6) is 0.892. The molecule has 0 unspecified atom stereocenters. The van der Waals surface area contributed by atoms with Gasteiger partial charge in [0.2, 0.25) is 0 Å². The normalized spacial score (nSPS) is 13.1. The number of rotatable bonds is 8. The minimum atomic E-state index is -0.328. The van der Waals surface area contributed by atoms with Crippen LogP contribution in [0.15, 0.2) is 277 Å². The minimum Gasteiger partial charge on any atom is -0.551 e. The highest BCUT2D eigenvalue weighted by Gasteiger charge is 2.47. The second-order valence-corrected chi connectivity index (χ2v) is 20.3. The quantitative estimate of drug-likeness (QED) is 0.141. The molecule has 15 rings (SSSR count). The van der Waals surface area contributed by atoms with Gasteiger partial charge in [0, 0.05) is 77.9 Å². The third-order valence-corrected chi connectivity index (χ3v) is 16.1. The molecule has 4 aliphatic rings. The van der Waals surface area contributed by atoms with Crippen molar-refractivity contribution in [2.24, 2.45) is 0 Å². The molecule has 8 heteroatoms. The largest absolute Gasteiger partial charge is 0.551 e. The fraction of sp³-hybridized carbons (Fsp3) is 0. The summed E-state index contributed by atoms with van der Waals surface area (Å²) < 4.78 is 7.33. The number of hydrogen-bond acceptors (Lipinski definition) is 6. The molecular formula is C66H44B2N4OS. The molecule has 0 N–H and O–H groups in total. The summed E-state index contributed by atoms with van der Waals surface area (Å²) in [6, 6.07) is 97.0. The fourth-order valence-electron chi connectivity index (χ4n) is 11.9. The van der Waals surface area contributed by atoms with E-state index in [1.807, 2.05) is 11.8 Å². The van der Waals surface area contributed by atoms with Crippen molar-refractivity contribution in [1.29, 1.82) is 0 Å². The Morgan fingerprint density at radius 3 is 1.36 bits per heavy atom. The Bertz CT molecular complexity index is 3870. The molecule has 5 nitrogen and oxygen atoms in total. The fourth-order valence-corrected chi connectivity index (χ4v) is 13.1. The second-order valence-electron chi connectivity index (χ2n) is 19.2. The first kappa shape index (κ1) is 42.6. The van der Waals surface area contributed by atoms with Gasteiger partial charge < -0.3 is 24.3 Å². The zero-order valence-corrected chi connectivity index (χ0v) is 41.0. The highest BCUT2D eigenvalue weighted by Crippen LogP contribution is 2.50. The number of para-hydroxylation sites is 8. The molecule has 0 radical (unpaired) electrons. The zero-order chi connectivity index (χ0) is 48.7. The number of hydrogen-bond donors (Lipinski definition) is 0. The minimum absolute atomic E-state index is 0.0956. The third-order valence-electron chi connectivity index (χ3n) is 15.0. The van der Waals surface area contributed by atoms with E-state index in [4.69, 9.17) is 4.65 Å². The van der Waals surface area contributed by atoms with Gasteiger partial charge in [0.25, 0.3) is 6.71 Å². The van der Waals surface area contributed by atoms with E-state index in [1.54, 1.807) is 0 Å². The molecule has 0 atom stereocenters. The number of fused-ring (bicyclic) bond motifs is 8. The van der Waals surface area contributed by atoms with E-state index in [9.17, 15) is 0 Å². The first-order chi connectivity index (χ1) is 36.7. The topological polar surface area (TPSA) is 22.2 Å². The molecule has 346 valence electrons. The molecule has 74 heavy (non-hydrogen) atoms. The van der Waals surface area contributed by atoms with E-state index in [0.717, 1.165) is 73.9 Å². The van der Waals surface area contributed by atoms with Gasteiger partial charge in [-0.2, -0.15) is 0 Å². The molecule has 11 aromatic rings. The number of nitrogens with zero attached hydrogens (tertiary/aromatic N) is 4. The molecule has 4 aliphatic heterocycles. The molecule has 0 aromatic heterocycles. The molecule has 0 aliphatic carbocycles. The van der Waals surface area contributed by atoms with Gasteiger partial charge >= 0.3 is 6.92 Å². The highest BCUT2D eigenvalue weighted by atomic mass is 32.2. The summed E-state index contributed by atoms with van der Waals surface area (Å²) in [5.41, 5.74) is 21.8. The van der Waals surface area contributed by atoms with Crippen LogP contribution < -0.4 is 51.6 Å². The Balaban J connectivity index is 0.996. The Morgan fingerprint density at radius 1 is 0.324 bits per heavy atom. The van der Waals surface area contributed by atoms with E-state index in [0.29, 0.717) is 0 Å². The van der Waals surface area contributed by atoms with Gasteiger partial charge in [0.15, 0.2) is 0 Å². The van der Waals surface area contributed by atoms with Crippen LogP contribution in [0, 0.1) is 0 Å². The molecule has 0 amide bonds. The van der Waals surface area contributed by atoms with Gasteiger partial charge in [-0.05, 0) is 148 Å². The standard InChI is InChI=1S/C66H44B2N4OS/c1-7-23-45(24-8-1)69(46-25-9-2-10-26-46)51-39-54-53-35-19-22-38-62(53)73-68-57-43-56-59(44-63(57)74-64(42-51)65(54)68)72(50-33-17-6-18-34-50)61-41-52(70(47-27-11-3-12-28-47)48-29-13-4-14-30-48)40-60-66(61)67(56)55-36-20-21-37-58(55)71(60)49-31-15-5-16-32-49/h1-44H. The molecule has 4 heterocycles. The van der Waals surface area contributed by atoms with Crippen LogP contribution in [0.25, 0.3) is 11.1 Å². The van der Waals surface area contributed by atoms with Crippen LogP contribution in [-0.2, 0) is 0 Å². The van der Waals surface area contributed by atoms with E-state index in [-0.39, 0.29) is 13.6 Å². The Kier molecular flexibility index (Phi) is 9.95. The predicted molar refractivity (Wildman–Crippen MR) is 311 cm³/mol. The van der Waals surface area contributed by atoms with Crippen molar-refractivity contribution < 1.29 is 4.65 Å². The van der Waals surface area contributed by atoms with E-state index < -0.39 is 0 Å². The van der Waals surface area contributed by atoms with Crippen LogP contribution in [0.3, 0.4) is 0 Å². The molecule has 0 saturated heterocycles. The summed E-state index contributed by atoms with van der Waals surface area (Å²) in [7, 11) is 0. The highest BCUT2D eigenvalue weighted by molar-refractivity contribution is 8.00. The summed E-state index contributed by atoms with van der Waals surface area (Å²) >= 11 is 1.86. The number of benzene rings is 11. The lowest BCUT2D eigenvalue weighted by atomic mass is 9.33. The lowest BCUT2D eigenvalue weighted by molar-refractivity contribution is 0.588. The predicted octanol–water partition coefficient (Wildman–Crippen LogP) is 14.3. The molecule has 0 bridgehead atoms. The maximum atomic E-state index is 7.33. The van der Waals surface area contributed by atoms with Crippen LogP contribution in [-0.4, -0.2) is 13.6 Å². The maximum absolute atomic E-state index is 7.33. The average molecular weight is 963 g/mol. The van der Waals surface area contributed by atoms with Crippen LogP contribution in [0.4, 0.5) is 68.2 Å². The monoisotopic (exact) mass is 962 g/mol. The Labute approximate surface area is 436 Å². The average Bonchev–Trinajstić information content (AvgIpc) is 3.51. The van der Waals surface area contributed by atoms with Crippen LogP contribution in [0.5, 0.6) is 5.75 Å². The Morgan fingerprint density at radius 2 is 0.797 bits per heavy atom. The first-order valence-electron chi connectivity index (χ1n) is 25.3. The second kappa shape index (κ2) is 17.3. The van der Waals surface area contributed by atoms with E-state index >= 15 is 0 Å². The van der Waals surface area contributed by atoms with Gasteiger partial charge in [0.1, 0.15) is 5.75 Å². The molecular weight excluding hydrogens is 918 g/mol. The van der Waals surface area contributed by atoms with Gasteiger partial charge in [-0.15, -0.1) is 0 Å². The van der Waals surface area contributed by atoms with Crippen LogP contribution in [0.2, 0.25) is 0 Å². The third kappa shape index (κ3) is 6.75. The van der Waals surface area contributed by atoms with Crippen molar-refractivity contribution in [2.45, 2.75) is 9.79 Å². The summed E-state index contributed by atoms with van der Waals surface area (Å²) in [4.78, 5) is 12.2. The van der Waals surface area contributed by atoms with Crippen molar-refractivity contribution >= 4 is 121 Å². The van der Waals surface area contributed by atoms with Crippen molar-refractivity contribution in [2.75, 3.05) is 19.6 Å². The van der Waals surface area contributed by atoms with Crippen molar-refractivity contribution in [1.82, 2.24) is 0 Å². The van der Waals surface area contributed by atoms with Gasteiger partial charge in [0.05, 0.1) is 5.69 Å². The van der Waals surface area contributed by atoms with Crippen LogP contribution in [0.1, 0.15) is 0 Å². The molecule has 0 spiro atoms. The summed E-state index contributed by atoms with van der Waals surface area (Å²) in [6.07, 6.45) is 0. The molecule has 0 fully saturated rings. The smallest absolute Gasteiger partial charge is 0.429 e. The molecule has 11 aromatic carbocycles. The lowest BCUT2D eigenvalue weighted by Gasteiger charge is -2.45. The summed E-state index contributed by atoms with van der Waals surface area (Å²) in [5, 5.41) is 0. The first-order valence-corrected chi connectivity index (χ1v) is 26.1. The van der Waals surface area contributed by atoms with E-state index in [2.05, 4.69) is 287 Å². The van der Waals surface area contributed by atoms with Crippen molar-refractivity contribution in [3.05, 3.63) is 267 Å². The molecule has 0 saturated carbocycles.